The Morgan fingerprint density at radius 1 is 1.27 bits per heavy atom. The second-order valence-corrected chi connectivity index (χ2v) is 6.13. The van der Waals surface area contributed by atoms with Crippen molar-refractivity contribution in [2.75, 3.05) is 19.0 Å². The second-order valence-electron chi connectivity index (χ2n) is 6.13. The molecule has 0 radical (unpaired) electrons. The van der Waals surface area contributed by atoms with Crippen LogP contribution in [0, 0.1) is 0 Å². The Bertz CT molecular complexity index is 797. The van der Waals surface area contributed by atoms with Gasteiger partial charge >= 0.3 is 5.97 Å². The Morgan fingerprint density at radius 3 is 2.73 bits per heavy atom. The Hall–Kier alpha value is -2.90. The zero-order valence-electron chi connectivity index (χ0n) is 15.2. The molecule has 1 aliphatic rings. The summed E-state index contributed by atoms with van der Waals surface area (Å²) in [6.45, 7) is 4.34. The van der Waals surface area contributed by atoms with Gasteiger partial charge in [0, 0.05) is 5.70 Å². The van der Waals surface area contributed by atoms with Crippen molar-refractivity contribution in [2.24, 2.45) is 0 Å². The molecule has 1 aliphatic heterocycles. The van der Waals surface area contributed by atoms with Crippen LogP contribution in [-0.2, 0) is 9.53 Å². The number of nitrogens with one attached hydrogen (secondary N) is 1. The van der Waals surface area contributed by atoms with Crippen LogP contribution in [0.3, 0.4) is 0 Å². The molecule has 1 aromatic heterocycles. The number of hydrogen-bond acceptors (Lipinski definition) is 7. The first-order valence-electron chi connectivity index (χ1n) is 8.72. The molecule has 138 valence electrons. The van der Waals surface area contributed by atoms with E-state index in [-0.39, 0.29) is 5.97 Å². The highest BCUT2D eigenvalue weighted by atomic mass is 16.5. The average Bonchev–Trinajstić information content (AvgIpc) is 3.12. The number of fused-ring (bicyclic) bond motifs is 1. The van der Waals surface area contributed by atoms with Crippen molar-refractivity contribution in [2.45, 2.75) is 39.2 Å². The molecule has 8 heteroatoms. The smallest absolute Gasteiger partial charge is 0.338 e. The number of tetrazole rings is 1. The van der Waals surface area contributed by atoms with E-state index >= 15 is 0 Å². The number of esters is 1. The molecule has 0 saturated carbocycles. The highest BCUT2D eigenvalue weighted by Crippen LogP contribution is 2.35. The number of aromatic nitrogens is 4. The zero-order chi connectivity index (χ0) is 18.5. The lowest BCUT2D eigenvalue weighted by Gasteiger charge is -2.27. The van der Waals surface area contributed by atoms with Crippen molar-refractivity contribution in [3.8, 4) is 5.75 Å². The first-order chi connectivity index (χ1) is 12.7. The molecular formula is C18H23N5O3. The average molecular weight is 357 g/mol. The summed E-state index contributed by atoms with van der Waals surface area (Å²) in [7, 11) is 1.61. The topological polar surface area (TPSA) is 91.2 Å². The van der Waals surface area contributed by atoms with Gasteiger partial charge in [-0.3, -0.25) is 0 Å². The summed E-state index contributed by atoms with van der Waals surface area (Å²) in [5.41, 5.74) is 2.07. The normalized spacial score (nSPS) is 16.0. The number of ether oxygens (including phenoxy) is 2. The summed E-state index contributed by atoms with van der Waals surface area (Å²) < 4.78 is 12.3. The largest absolute Gasteiger partial charge is 0.497 e. The number of allylic oxidation sites excluding steroid dienone is 1. The third-order valence-electron chi connectivity index (χ3n) is 4.35. The Labute approximate surface area is 152 Å². The van der Waals surface area contributed by atoms with Crippen LogP contribution in [0.15, 0.2) is 35.5 Å². The van der Waals surface area contributed by atoms with E-state index < -0.39 is 6.04 Å². The van der Waals surface area contributed by atoms with Crippen LogP contribution in [-0.4, -0.2) is 39.9 Å². The van der Waals surface area contributed by atoms with Gasteiger partial charge in [0.2, 0.25) is 5.95 Å². The molecule has 1 N–H and O–H groups in total. The van der Waals surface area contributed by atoms with Gasteiger partial charge in [0.25, 0.3) is 0 Å². The van der Waals surface area contributed by atoms with Crippen molar-refractivity contribution in [1.82, 2.24) is 20.2 Å². The fraction of sp³-hybridized carbons (Fsp3) is 0.444. The summed E-state index contributed by atoms with van der Waals surface area (Å²) >= 11 is 0. The third kappa shape index (κ3) is 3.54. The summed E-state index contributed by atoms with van der Waals surface area (Å²) in [6, 6.07) is 7.04. The maximum Gasteiger partial charge on any atom is 0.338 e. The molecular weight excluding hydrogens is 334 g/mol. The van der Waals surface area contributed by atoms with Crippen LogP contribution in [0.5, 0.6) is 5.75 Å². The van der Waals surface area contributed by atoms with Crippen LogP contribution in [0.1, 0.15) is 44.7 Å². The molecule has 0 fully saturated rings. The number of methoxy groups -OCH3 is 1. The summed E-state index contributed by atoms with van der Waals surface area (Å²) in [6.07, 6.45) is 2.96. The zero-order valence-corrected chi connectivity index (χ0v) is 15.2. The van der Waals surface area contributed by atoms with E-state index in [0.29, 0.717) is 23.8 Å². The van der Waals surface area contributed by atoms with Gasteiger partial charge in [-0.25, -0.2) is 4.79 Å². The molecule has 0 spiro atoms. The molecule has 0 saturated heterocycles. The standard InChI is InChI=1S/C18H23N5O3/c1-4-5-6-11-26-17(24)15-12(2)19-18-20-21-22-23(18)16(15)13-7-9-14(25-3)10-8-13/h7-10,16H,4-6,11H2,1-3H3,(H,19,20,22)/t16-/m1/s1. The molecule has 26 heavy (non-hydrogen) atoms. The summed E-state index contributed by atoms with van der Waals surface area (Å²) in [5.74, 6) is 0.878. The van der Waals surface area contributed by atoms with E-state index in [9.17, 15) is 4.79 Å². The predicted molar refractivity (Wildman–Crippen MR) is 95.8 cm³/mol. The van der Waals surface area contributed by atoms with E-state index in [4.69, 9.17) is 9.47 Å². The van der Waals surface area contributed by atoms with Gasteiger partial charge in [-0.15, -0.1) is 0 Å². The lowest BCUT2D eigenvalue weighted by molar-refractivity contribution is -0.139. The van der Waals surface area contributed by atoms with E-state index in [0.717, 1.165) is 30.6 Å². The minimum Gasteiger partial charge on any atom is -0.497 e. The molecule has 1 aromatic carbocycles. The predicted octanol–water partition coefficient (Wildman–Crippen LogP) is 2.70. The Morgan fingerprint density at radius 2 is 2.04 bits per heavy atom. The molecule has 1 atom stereocenters. The maximum atomic E-state index is 12.8. The quantitative estimate of drug-likeness (QED) is 0.602. The van der Waals surface area contributed by atoms with Crippen molar-refractivity contribution in [1.29, 1.82) is 0 Å². The lowest BCUT2D eigenvalue weighted by atomic mass is 9.96. The van der Waals surface area contributed by atoms with Gasteiger partial charge in [-0.2, -0.15) is 4.68 Å². The van der Waals surface area contributed by atoms with E-state index in [1.54, 1.807) is 11.8 Å². The summed E-state index contributed by atoms with van der Waals surface area (Å²) in [5, 5.41) is 14.8. The van der Waals surface area contributed by atoms with Crippen LogP contribution in [0.4, 0.5) is 5.95 Å². The van der Waals surface area contributed by atoms with Gasteiger partial charge in [0.05, 0.1) is 19.3 Å². The van der Waals surface area contributed by atoms with Crippen molar-refractivity contribution >= 4 is 11.9 Å². The summed E-state index contributed by atoms with van der Waals surface area (Å²) in [4.78, 5) is 12.8. The molecule has 0 amide bonds. The van der Waals surface area contributed by atoms with Crippen molar-refractivity contribution in [3.63, 3.8) is 0 Å². The number of anilines is 1. The van der Waals surface area contributed by atoms with Crippen LogP contribution < -0.4 is 10.1 Å². The molecule has 0 bridgehead atoms. The number of unbranched alkanes of at least 4 members (excludes halogenated alkanes) is 2. The fourth-order valence-corrected chi connectivity index (χ4v) is 2.97. The molecule has 0 aliphatic carbocycles. The molecule has 2 aromatic rings. The third-order valence-corrected chi connectivity index (χ3v) is 4.35. The van der Waals surface area contributed by atoms with Crippen LogP contribution >= 0.6 is 0 Å². The monoisotopic (exact) mass is 357 g/mol. The molecule has 3 rings (SSSR count). The van der Waals surface area contributed by atoms with Crippen molar-refractivity contribution in [3.05, 3.63) is 41.1 Å². The van der Waals surface area contributed by atoms with Gasteiger partial charge in [0.1, 0.15) is 11.8 Å². The van der Waals surface area contributed by atoms with Gasteiger partial charge < -0.3 is 14.8 Å². The minimum atomic E-state index is -0.453. The molecule has 8 nitrogen and oxygen atoms in total. The number of benzene rings is 1. The maximum absolute atomic E-state index is 12.8. The first kappa shape index (κ1) is 17.9. The van der Waals surface area contributed by atoms with Gasteiger partial charge in [-0.05, 0) is 41.5 Å². The number of nitrogens with zero attached hydrogens (tertiary/aromatic N) is 4. The highest BCUT2D eigenvalue weighted by molar-refractivity contribution is 5.92. The highest BCUT2D eigenvalue weighted by Gasteiger charge is 2.34. The van der Waals surface area contributed by atoms with E-state index in [2.05, 4.69) is 27.8 Å². The molecule has 2 heterocycles. The Kier molecular flexibility index (Phi) is 5.50. The Balaban J connectivity index is 1.92. The minimum absolute atomic E-state index is 0.354. The van der Waals surface area contributed by atoms with Gasteiger partial charge in [0.15, 0.2) is 0 Å². The van der Waals surface area contributed by atoms with E-state index in [1.165, 1.54) is 0 Å². The van der Waals surface area contributed by atoms with E-state index in [1.807, 2.05) is 31.2 Å². The van der Waals surface area contributed by atoms with Crippen LogP contribution in [0.25, 0.3) is 0 Å². The second kappa shape index (κ2) is 7.99. The number of hydrogen-bond donors (Lipinski definition) is 1. The van der Waals surface area contributed by atoms with Gasteiger partial charge in [-0.1, -0.05) is 37.0 Å². The van der Waals surface area contributed by atoms with Crippen molar-refractivity contribution < 1.29 is 14.3 Å². The first-order valence-corrected chi connectivity index (χ1v) is 8.72. The fourth-order valence-electron chi connectivity index (χ4n) is 2.97. The number of carbonyl (C=O) groups is 1. The molecule has 0 unspecified atom stereocenters. The number of rotatable bonds is 7. The lowest BCUT2D eigenvalue weighted by Crippen LogP contribution is -2.29. The number of carbonyl (C=O) groups excluding carboxylic acids is 1. The van der Waals surface area contributed by atoms with Crippen LogP contribution in [0.2, 0.25) is 0 Å². The SMILES string of the molecule is CCCCCOC(=O)C1=C(C)Nc2nnnn2[C@@H]1c1ccc(OC)cc1.